The zero-order chi connectivity index (χ0) is 22.2. The second-order valence-electron chi connectivity index (χ2n) is 7.14. The maximum absolute atomic E-state index is 13.0. The summed E-state index contributed by atoms with van der Waals surface area (Å²) in [6, 6.07) is 23.0. The molecule has 0 aliphatic heterocycles. The molecule has 6 nitrogen and oxygen atoms in total. The van der Waals surface area contributed by atoms with Crippen LogP contribution in [0, 0.1) is 13.8 Å². The zero-order valence-electron chi connectivity index (χ0n) is 17.4. The summed E-state index contributed by atoms with van der Waals surface area (Å²) in [6.07, 6.45) is -1.15. The van der Waals surface area contributed by atoms with E-state index < -0.39 is 23.9 Å². The first-order chi connectivity index (χ1) is 14.9. The van der Waals surface area contributed by atoms with Crippen LogP contribution in [0.3, 0.4) is 0 Å². The number of aryl methyl sites for hydroxylation is 2. The summed E-state index contributed by atoms with van der Waals surface area (Å²) in [5.74, 6) is -1.58. The summed E-state index contributed by atoms with van der Waals surface area (Å²) in [6.45, 7) is 3.46. The molecule has 0 fully saturated rings. The van der Waals surface area contributed by atoms with E-state index in [1.165, 1.54) is 0 Å². The number of carbonyl (C=O) groups excluding carboxylic acids is 3. The average Bonchev–Trinajstić information content (AvgIpc) is 2.79. The predicted octanol–water partition coefficient (Wildman–Crippen LogP) is 3.96. The van der Waals surface area contributed by atoms with Gasteiger partial charge in [0.25, 0.3) is 11.8 Å². The third kappa shape index (κ3) is 6.02. The molecule has 0 aromatic heterocycles. The van der Waals surface area contributed by atoms with Crippen LogP contribution in [0.4, 0.5) is 5.69 Å². The van der Waals surface area contributed by atoms with Crippen molar-refractivity contribution in [1.82, 2.24) is 5.32 Å². The van der Waals surface area contributed by atoms with E-state index in [1.54, 1.807) is 54.6 Å². The Hall–Kier alpha value is -3.93. The summed E-state index contributed by atoms with van der Waals surface area (Å²) < 4.78 is 5.46. The summed E-state index contributed by atoms with van der Waals surface area (Å²) in [4.78, 5) is 37.6. The second kappa shape index (κ2) is 10.2. The summed E-state index contributed by atoms with van der Waals surface area (Å²) >= 11 is 0. The molecule has 0 saturated heterocycles. The Bertz CT molecular complexity index is 1070. The van der Waals surface area contributed by atoms with Gasteiger partial charge in [0.1, 0.15) is 6.54 Å². The standard InChI is InChI=1S/C25H24N2O4/c1-17-13-14-18(2)21(15-17)27-25(30)23(19-9-5-3-6-10-19)31-22(28)16-26-24(29)20-11-7-4-8-12-20/h3-15,23H,16H2,1-2H3,(H,26,29)(H,27,30)/t23-/m1/s1. The van der Waals surface area contributed by atoms with Crippen LogP contribution >= 0.6 is 0 Å². The Morgan fingerprint density at radius 1 is 0.871 bits per heavy atom. The maximum atomic E-state index is 13.0. The Kier molecular flexibility index (Phi) is 7.17. The van der Waals surface area contributed by atoms with Crippen molar-refractivity contribution in [2.45, 2.75) is 20.0 Å². The SMILES string of the molecule is Cc1ccc(C)c(NC(=O)[C@H](OC(=O)CNC(=O)c2ccccc2)c2ccccc2)c1. The predicted molar refractivity (Wildman–Crippen MR) is 119 cm³/mol. The fourth-order valence-electron chi connectivity index (χ4n) is 2.99. The Labute approximate surface area is 181 Å². The molecular weight excluding hydrogens is 392 g/mol. The lowest BCUT2D eigenvalue weighted by molar-refractivity contribution is -0.153. The largest absolute Gasteiger partial charge is 0.446 e. The van der Waals surface area contributed by atoms with Crippen LogP contribution in [-0.4, -0.2) is 24.3 Å². The molecule has 3 rings (SSSR count). The van der Waals surface area contributed by atoms with Gasteiger partial charge in [0.05, 0.1) is 0 Å². The van der Waals surface area contributed by atoms with Gasteiger partial charge in [0.15, 0.2) is 0 Å². The first kappa shape index (κ1) is 21.8. The molecule has 0 saturated carbocycles. The lowest BCUT2D eigenvalue weighted by atomic mass is 10.1. The van der Waals surface area contributed by atoms with Crippen molar-refractivity contribution in [2.75, 3.05) is 11.9 Å². The van der Waals surface area contributed by atoms with E-state index in [-0.39, 0.29) is 6.54 Å². The van der Waals surface area contributed by atoms with E-state index in [4.69, 9.17) is 4.74 Å². The number of rotatable bonds is 7. The Morgan fingerprint density at radius 3 is 2.19 bits per heavy atom. The molecule has 2 N–H and O–H groups in total. The van der Waals surface area contributed by atoms with Crippen molar-refractivity contribution in [3.8, 4) is 0 Å². The van der Waals surface area contributed by atoms with Gasteiger partial charge in [-0.3, -0.25) is 14.4 Å². The Balaban J connectivity index is 1.70. The molecule has 158 valence electrons. The van der Waals surface area contributed by atoms with Gasteiger partial charge in [-0.25, -0.2) is 0 Å². The number of carbonyl (C=O) groups is 3. The van der Waals surface area contributed by atoms with Crippen LogP contribution in [0.15, 0.2) is 78.9 Å². The molecule has 0 bridgehead atoms. The first-order valence-corrected chi connectivity index (χ1v) is 9.90. The monoisotopic (exact) mass is 416 g/mol. The van der Waals surface area contributed by atoms with Gasteiger partial charge in [-0.15, -0.1) is 0 Å². The van der Waals surface area contributed by atoms with Gasteiger partial charge >= 0.3 is 5.97 Å². The third-order valence-electron chi connectivity index (χ3n) is 4.67. The van der Waals surface area contributed by atoms with Gasteiger partial charge in [-0.2, -0.15) is 0 Å². The number of esters is 1. The number of hydrogen-bond acceptors (Lipinski definition) is 4. The molecule has 0 spiro atoms. The second-order valence-corrected chi connectivity index (χ2v) is 7.14. The van der Waals surface area contributed by atoms with E-state index in [0.29, 0.717) is 16.8 Å². The van der Waals surface area contributed by atoms with Crippen molar-refractivity contribution in [3.05, 3.63) is 101 Å². The lowest BCUT2D eigenvalue weighted by Crippen LogP contribution is -2.33. The van der Waals surface area contributed by atoms with E-state index in [2.05, 4.69) is 10.6 Å². The van der Waals surface area contributed by atoms with Crippen LogP contribution in [0.1, 0.15) is 33.2 Å². The highest BCUT2D eigenvalue weighted by molar-refractivity contribution is 5.98. The highest BCUT2D eigenvalue weighted by atomic mass is 16.5. The molecule has 6 heteroatoms. The van der Waals surface area contributed by atoms with Gasteiger partial charge in [0.2, 0.25) is 6.10 Å². The minimum Gasteiger partial charge on any atom is -0.446 e. The van der Waals surface area contributed by atoms with E-state index in [1.807, 2.05) is 38.1 Å². The number of nitrogens with one attached hydrogen (secondary N) is 2. The quantitative estimate of drug-likeness (QED) is 0.571. The lowest BCUT2D eigenvalue weighted by Gasteiger charge is -2.19. The maximum Gasteiger partial charge on any atom is 0.326 e. The molecule has 0 radical (unpaired) electrons. The fourth-order valence-corrected chi connectivity index (χ4v) is 2.99. The molecule has 2 amide bonds. The highest BCUT2D eigenvalue weighted by Gasteiger charge is 2.25. The molecular formula is C25H24N2O4. The van der Waals surface area contributed by atoms with Crippen molar-refractivity contribution < 1.29 is 19.1 Å². The number of amides is 2. The molecule has 3 aromatic carbocycles. The topological polar surface area (TPSA) is 84.5 Å². The van der Waals surface area contributed by atoms with Crippen LogP contribution in [-0.2, 0) is 14.3 Å². The van der Waals surface area contributed by atoms with Crippen molar-refractivity contribution >= 4 is 23.5 Å². The molecule has 0 aliphatic rings. The van der Waals surface area contributed by atoms with Crippen molar-refractivity contribution in [1.29, 1.82) is 0 Å². The summed E-state index contributed by atoms with van der Waals surface area (Å²) in [7, 11) is 0. The highest BCUT2D eigenvalue weighted by Crippen LogP contribution is 2.22. The van der Waals surface area contributed by atoms with Crippen LogP contribution in [0.2, 0.25) is 0 Å². The summed E-state index contributed by atoms with van der Waals surface area (Å²) in [5.41, 5.74) is 3.51. The smallest absolute Gasteiger partial charge is 0.326 e. The fraction of sp³-hybridized carbons (Fsp3) is 0.160. The van der Waals surface area contributed by atoms with Gasteiger partial charge < -0.3 is 15.4 Å². The number of benzene rings is 3. The third-order valence-corrected chi connectivity index (χ3v) is 4.67. The van der Waals surface area contributed by atoms with E-state index in [0.717, 1.165) is 11.1 Å². The zero-order valence-corrected chi connectivity index (χ0v) is 17.4. The van der Waals surface area contributed by atoms with Crippen LogP contribution in [0.5, 0.6) is 0 Å². The number of hydrogen-bond donors (Lipinski definition) is 2. The van der Waals surface area contributed by atoms with Crippen LogP contribution < -0.4 is 10.6 Å². The van der Waals surface area contributed by atoms with Crippen LogP contribution in [0.25, 0.3) is 0 Å². The molecule has 31 heavy (non-hydrogen) atoms. The minimum atomic E-state index is -1.15. The van der Waals surface area contributed by atoms with Gasteiger partial charge in [-0.1, -0.05) is 60.7 Å². The number of ether oxygens (including phenoxy) is 1. The molecule has 3 aromatic rings. The van der Waals surface area contributed by atoms with Crippen molar-refractivity contribution in [3.63, 3.8) is 0 Å². The van der Waals surface area contributed by atoms with Gasteiger partial charge in [0, 0.05) is 16.8 Å². The van der Waals surface area contributed by atoms with Gasteiger partial charge in [-0.05, 0) is 43.2 Å². The van der Waals surface area contributed by atoms with E-state index >= 15 is 0 Å². The minimum absolute atomic E-state index is 0.353. The normalized spacial score (nSPS) is 11.3. The average molecular weight is 416 g/mol. The first-order valence-electron chi connectivity index (χ1n) is 9.90. The number of anilines is 1. The molecule has 0 heterocycles. The molecule has 0 aliphatic carbocycles. The Morgan fingerprint density at radius 2 is 1.52 bits per heavy atom. The van der Waals surface area contributed by atoms with Crippen molar-refractivity contribution in [2.24, 2.45) is 0 Å². The van der Waals surface area contributed by atoms with E-state index in [9.17, 15) is 14.4 Å². The molecule has 1 atom stereocenters. The molecule has 0 unspecified atom stereocenters. The summed E-state index contributed by atoms with van der Waals surface area (Å²) in [5, 5.41) is 5.36.